The highest BCUT2D eigenvalue weighted by atomic mass is 16.1. The van der Waals surface area contributed by atoms with Crippen molar-refractivity contribution in [3.05, 3.63) is 52.8 Å². The van der Waals surface area contributed by atoms with E-state index in [1.165, 1.54) is 5.56 Å². The van der Waals surface area contributed by atoms with Crippen LogP contribution in [-0.4, -0.2) is 29.2 Å². The lowest BCUT2D eigenvalue weighted by molar-refractivity contribution is 0.0935. The van der Waals surface area contributed by atoms with E-state index in [1.54, 1.807) is 0 Å². The molecule has 0 bridgehead atoms. The van der Waals surface area contributed by atoms with E-state index < -0.39 is 0 Å². The Morgan fingerprint density at radius 1 is 1.25 bits per heavy atom. The molecule has 128 valence electrons. The molecule has 2 aromatic rings. The molecule has 5 heteroatoms. The summed E-state index contributed by atoms with van der Waals surface area (Å²) in [6.45, 7) is 6.63. The van der Waals surface area contributed by atoms with Gasteiger partial charge in [-0.25, -0.2) is 0 Å². The van der Waals surface area contributed by atoms with Crippen molar-refractivity contribution in [2.75, 3.05) is 13.1 Å². The van der Waals surface area contributed by atoms with Gasteiger partial charge in [0.15, 0.2) is 5.69 Å². The number of nitrogens with zero attached hydrogens (tertiary/aromatic N) is 1. The summed E-state index contributed by atoms with van der Waals surface area (Å²) >= 11 is 0. The topological polar surface area (TPSA) is 69.8 Å². The van der Waals surface area contributed by atoms with E-state index in [2.05, 4.69) is 58.9 Å². The van der Waals surface area contributed by atoms with Crippen molar-refractivity contribution in [2.24, 2.45) is 0 Å². The number of fused-ring (bicyclic) bond motifs is 1. The third-order valence-corrected chi connectivity index (χ3v) is 5.35. The van der Waals surface area contributed by atoms with Crippen molar-refractivity contribution >= 4 is 5.91 Å². The molecular formula is C19H26N4O. The van der Waals surface area contributed by atoms with Crippen LogP contribution in [0.2, 0.25) is 0 Å². The molecule has 0 fully saturated rings. The molecule has 1 amide bonds. The van der Waals surface area contributed by atoms with Crippen molar-refractivity contribution in [1.29, 1.82) is 0 Å². The molecule has 0 saturated carbocycles. The summed E-state index contributed by atoms with van der Waals surface area (Å²) in [4.78, 5) is 12.7. The van der Waals surface area contributed by atoms with Gasteiger partial charge in [-0.15, -0.1) is 0 Å². The summed E-state index contributed by atoms with van der Waals surface area (Å²) in [5.74, 6) is -0.0848. The van der Waals surface area contributed by atoms with Crippen LogP contribution in [0.4, 0.5) is 0 Å². The van der Waals surface area contributed by atoms with Crippen LogP contribution in [0.15, 0.2) is 30.3 Å². The van der Waals surface area contributed by atoms with Gasteiger partial charge in [0.1, 0.15) is 0 Å². The normalized spacial score (nSPS) is 14.2. The van der Waals surface area contributed by atoms with Gasteiger partial charge in [-0.3, -0.25) is 9.89 Å². The standard InChI is InChI=1S/C19H26N4O/c1-3-19(4-2,14-8-6-5-7-9-14)13-21-18(24)17-15-12-20-11-10-16(15)22-23-17/h5-9,20H,3-4,10-13H2,1-2H3,(H,21,24)(H,22,23). The maximum absolute atomic E-state index is 12.7. The molecule has 0 spiro atoms. The zero-order chi connectivity index (χ0) is 17.0. The second-order valence-corrected chi connectivity index (χ2v) is 6.49. The molecule has 0 saturated heterocycles. The zero-order valence-corrected chi connectivity index (χ0v) is 14.5. The third-order valence-electron chi connectivity index (χ3n) is 5.35. The van der Waals surface area contributed by atoms with Gasteiger partial charge < -0.3 is 10.6 Å². The van der Waals surface area contributed by atoms with Gasteiger partial charge in [0.2, 0.25) is 0 Å². The molecular weight excluding hydrogens is 300 g/mol. The number of aromatic nitrogens is 2. The Hall–Kier alpha value is -2.14. The number of nitrogens with one attached hydrogen (secondary N) is 3. The van der Waals surface area contributed by atoms with Gasteiger partial charge in [-0.2, -0.15) is 5.10 Å². The summed E-state index contributed by atoms with van der Waals surface area (Å²) in [6, 6.07) is 10.5. The van der Waals surface area contributed by atoms with E-state index >= 15 is 0 Å². The fraction of sp³-hybridized carbons (Fsp3) is 0.474. The lowest BCUT2D eigenvalue weighted by atomic mass is 9.76. The summed E-state index contributed by atoms with van der Waals surface area (Å²) in [5, 5.41) is 13.7. The van der Waals surface area contributed by atoms with Crippen LogP contribution in [0, 0.1) is 0 Å². The quantitative estimate of drug-likeness (QED) is 0.764. The number of aromatic amines is 1. The summed E-state index contributed by atoms with van der Waals surface area (Å²) in [6.07, 6.45) is 2.86. The molecule has 3 N–H and O–H groups in total. The monoisotopic (exact) mass is 326 g/mol. The van der Waals surface area contributed by atoms with Crippen molar-refractivity contribution in [2.45, 2.75) is 45.1 Å². The fourth-order valence-electron chi connectivity index (χ4n) is 3.55. The minimum Gasteiger partial charge on any atom is -0.350 e. The Balaban J connectivity index is 1.75. The fourth-order valence-corrected chi connectivity index (χ4v) is 3.55. The molecule has 2 heterocycles. The first-order valence-corrected chi connectivity index (χ1v) is 8.80. The Morgan fingerprint density at radius 3 is 2.71 bits per heavy atom. The lowest BCUT2D eigenvalue weighted by Crippen LogP contribution is -2.40. The Kier molecular flexibility index (Phi) is 5.00. The lowest BCUT2D eigenvalue weighted by Gasteiger charge is -2.32. The van der Waals surface area contributed by atoms with Crippen molar-refractivity contribution < 1.29 is 4.79 Å². The van der Waals surface area contributed by atoms with Gasteiger partial charge in [0, 0.05) is 42.7 Å². The molecule has 0 atom stereocenters. The average molecular weight is 326 g/mol. The molecule has 3 rings (SSSR count). The number of hydrogen-bond acceptors (Lipinski definition) is 3. The maximum Gasteiger partial charge on any atom is 0.272 e. The molecule has 0 unspecified atom stereocenters. The van der Waals surface area contributed by atoms with Crippen molar-refractivity contribution in [3.8, 4) is 0 Å². The molecule has 1 aromatic carbocycles. The minimum absolute atomic E-state index is 0.0362. The van der Waals surface area contributed by atoms with E-state index in [1.807, 2.05) is 6.07 Å². The smallest absolute Gasteiger partial charge is 0.272 e. The molecule has 1 aliphatic heterocycles. The highest BCUT2D eigenvalue weighted by Crippen LogP contribution is 2.31. The predicted octanol–water partition coefficient (Wildman–Crippen LogP) is 2.54. The first-order chi connectivity index (χ1) is 11.7. The van der Waals surface area contributed by atoms with Gasteiger partial charge in [0.25, 0.3) is 5.91 Å². The Morgan fingerprint density at radius 2 is 2.00 bits per heavy atom. The number of rotatable bonds is 6. The predicted molar refractivity (Wildman–Crippen MR) is 95.0 cm³/mol. The van der Waals surface area contributed by atoms with Crippen LogP contribution < -0.4 is 10.6 Å². The number of carbonyl (C=O) groups excluding carboxylic acids is 1. The number of amides is 1. The van der Waals surface area contributed by atoms with Crippen molar-refractivity contribution in [3.63, 3.8) is 0 Å². The number of carbonyl (C=O) groups is 1. The SMILES string of the molecule is CCC(CC)(CNC(=O)c1n[nH]c2c1CNCC2)c1ccccc1. The van der Waals surface area contributed by atoms with E-state index in [-0.39, 0.29) is 11.3 Å². The van der Waals surface area contributed by atoms with E-state index in [0.717, 1.165) is 37.1 Å². The maximum atomic E-state index is 12.7. The van der Waals surface area contributed by atoms with Crippen LogP contribution in [0.25, 0.3) is 0 Å². The number of benzene rings is 1. The van der Waals surface area contributed by atoms with E-state index in [9.17, 15) is 4.79 Å². The van der Waals surface area contributed by atoms with Crippen molar-refractivity contribution in [1.82, 2.24) is 20.8 Å². The van der Waals surface area contributed by atoms with Gasteiger partial charge in [0.05, 0.1) is 0 Å². The van der Waals surface area contributed by atoms with Crippen LogP contribution in [-0.2, 0) is 18.4 Å². The van der Waals surface area contributed by atoms with Crippen LogP contribution in [0.3, 0.4) is 0 Å². The number of H-pyrrole nitrogens is 1. The Labute approximate surface area is 143 Å². The largest absolute Gasteiger partial charge is 0.350 e. The summed E-state index contributed by atoms with van der Waals surface area (Å²) in [5.41, 5.74) is 3.87. The van der Waals surface area contributed by atoms with Gasteiger partial charge in [-0.05, 0) is 18.4 Å². The molecule has 0 aliphatic carbocycles. The highest BCUT2D eigenvalue weighted by Gasteiger charge is 2.30. The van der Waals surface area contributed by atoms with Gasteiger partial charge in [-0.1, -0.05) is 44.2 Å². The third kappa shape index (κ3) is 3.08. The second-order valence-electron chi connectivity index (χ2n) is 6.49. The first kappa shape index (κ1) is 16.7. The molecule has 24 heavy (non-hydrogen) atoms. The van der Waals surface area contributed by atoms with Crippen LogP contribution in [0.1, 0.15) is 54.0 Å². The first-order valence-electron chi connectivity index (χ1n) is 8.80. The Bertz CT molecular complexity index is 689. The second kappa shape index (κ2) is 7.18. The average Bonchev–Trinajstić information content (AvgIpc) is 3.08. The highest BCUT2D eigenvalue weighted by molar-refractivity contribution is 5.94. The number of hydrogen-bond donors (Lipinski definition) is 3. The molecule has 1 aromatic heterocycles. The molecule has 1 aliphatic rings. The van der Waals surface area contributed by atoms with Crippen LogP contribution >= 0.6 is 0 Å². The van der Waals surface area contributed by atoms with Crippen LogP contribution in [0.5, 0.6) is 0 Å². The van der Waals surface area contributed by atoms with E-state index in [4.69, 9.17) is 0 Å². The zero-order valence-electron chi connectivity index (χ0n) is 14.5. The molecule has 5 nitrogen and oxygen atoms in total. The van der Waals surface area contributed by atoms with E-state index in [0.29, 0.717) is 18.8 Å². The minimum atomic E-state index is -0.0848. The summed E-state index contributed by atoms with van der Waals surface area (Å²) < 4.78 is 0. The van der Waals surface area contributed by atoms with Gasteiger partial charge >= 0.3 is 0 Å². The molecule has 0 radical (unpaired) electrons. The summed E-state index contributed by atoms with van der Waals surface area (Å²) in [7, 11) is 0.